The number of hydrogen-bond acceptors (Lipinski definition) is 3. The van der Waals surface area contributed by atoms with Crippen LogP contribution in [0.15, 0.2) is 47.4 Å². The maximum absolute atomic E-state index is 11.6. The number of aromatic amines is 1. The number of carbonyl (C=O) groups is 1. The Morgan fingerprint density at radius 2 is 1.94 bits per heavy atom. The number of rotatable bonds is 2. The SMILES string of the molecule is O=C([N]c1cc[nH]c(=O)n1)c1ccccc1. The van der Waals surface area contributed by atoms with Gasteiger partial charge in [0.2, 0.25) is 0 Å². The van der Waals surface area contributed by atoms with E-state index in [9.17, 15) is 9.59 Å². The summed E-state index contributed by atoms with van der Waals surface area (Å²) in [5.74, 6) is -0.309. The van der Waals surface area contributed by atoms with Gasteiger partial charge >= 0.3 is 5.69 Å². The molecule has 1 N–H and O–H groups in total. The van der Waals surface area contributed by atoms with Crippen molar-refractivity contribution in [1.29, 1.82) is 0 Å². The molecule has 1 heterocycles. The van der Waals surface area contributed by atoms with Crippen LogP contribution in [-0.2, 0) is 0 Å². The molecule has 2 rings (SSSR count). The highest BCUT2D eigenvalue weighted by Gasteiger charge is 2.08. The van der Waals surface area contributed by atoms with Crippen LogP contribution in [0.4, 0.5) is 5.82 Å². The summed E-state index contributed by atoms with van der Waals surface area (Å²) < 4.78 is 0. The third kappa shape index (κ3) is 2.33. The van der Waals surface area contributed by atoms with E-state index < -0.39 is 11.6 Å². The zero-order chi connectivity index (χ0) is 11.4. The summed E-state index contributed by atoms with van der Waals surface area (Å²) in [6, 6.07) is 10.1. The van der Waals surface area contributed by atoms with Gasteiger partial charge in [-0.05, 0) is 18.2 Å². The van der Waals surface area contributed by atoms with E-state index in [1.165, 1.54) is 12.3 Å². The number of nitrogens with zero attached hydrogens (tertiary/aromatic N) is 2. The first-order valence-electron chi connectivity index (χ1n) is 4.62. The van der Waals surface area contributed by atoms with Crippen LogP contribution >= 0.6 is 0 Å². The minimum atomic E-state index is -0.526. The van der Waals surface area contributed by atoms with Crippen molar-refractivity contribution in [3.05, 3.63) is 58.6 Å². The van der Waals surface area contributed by atoms with Gasteiger partial charge in [0.05, 0.1) is 0 Å². The Bertz CT molecular complexity index is 548. The minimum absolute atomic E-state index is 0.109. The van der Waals surface area contributed by atoms with Crippen LogP contribution in [-0.4, -0.2) is 15.9 Å². The molecule has 0 spiro atoms. The Morgan fingerprint density at radius 3 is 2.62 bits per heavy atom. The van der Waals surface area contributed by atoms with Gasteiger partial charge in [-0.3, -0.25) is 4.79 Å². The molecule has 5 nitrogen and oxygen atoms in total. The molecule has 79 valence electrons. The minimum Gasteiger partial charge on any atom is -0.313 e. The molecule has 0 fully saturated rings. The Morgan fingerprint density at radius 1 is 1.19 bits per heavy atom. The summed E-state index contributed by atoms with van der Waals surface area (Å²) in [7, 11) is 0. The van der Waals surface area contributed by atoms with Crippen molar-refractivity contribution in [2.45, 2.75) is 0 Å². The van der Waals surface area contributed by atoms with Crippen molar-refractivity contribution >= 4 is 11.7 Å². The van der Waals surface area contributed by atoms with Crippen molar-refractivity contribution in [3.63, 3.8) is 0 Å². The zero-order valence-electron chi connectivity index (χ0n) is 8.25. The lowest BCUT2D eigenvalue weighted by atomic mass is 10.2. The summed E-state index contributed by atoms with van der Waals surface area (Å²) in [4.78, 5) is 28.4. The predicted molar refractivity (Wildman–Crippen MR) is 57.4 cm³/mol. The van der Waals surface area contributed by atoms with Crippen molar-refractivity contribution in [2.75, 3.05) is 0 Å². The third-order valence-electron chi connectivity index (χ3n) is 1.89. The molecule has 0 unspecified atom stereocenters. The first kappa shape index (κ1) is 10.1. The number of carbonyl (C=O) groups excluding carboxylic acids is 1. The quantitative estimate of drug-likeness (QED) is 0.804. The molecule has 5 heteroatoms. The van der Waals surface area contributed by atoms with Gasteiger partial charge in [-0.25, -0.2) is 4.79 Å². The van der Waals surface area contributed by atoms with Gasteiger partial charge in [-0.1, -0.05) is 18.2 Å². The smallest absolute Gasteiger partial charge is 0.313 e. The fourth-order valence-corrected chi connectivity index (χ4v) is 1.17. The molecule has 1 radical (unpaired) electrons. The van der Waals surface area contributed by atoms with Gasteiger partial charge in [-0.2, -0.15) is 10.3 Å². The number of benzene rings is 1. The fourth-order valence-electron chi connectivity index (χ4n) is 1.17. The molecular weight excluding hydrogens is 206 g/mol. The van der Waals surface area contributed by atoms with Crippen LogP contribution in [0.25, 0.3) is 0 Å². The average Bonchev–Trinajstić information content (AvgIpc) is 2.30. The van der Waals surface area contributed by atoms with Crippen molar-refractivity contribution in [2.24, 2.45) is 0 Å². The van der Waals surface area contributed by atoms with E-state index in [-0.39, 0.29) is 5.82 Å². The Hall–Kier alpha value is -2.43. The van der Waals surface area contributed by atoms with E-state index in [1.54, 1.807) is 24.3 Å². The molecule has 1 amide bonds. The summed E-state index contributed by atoms with van der Waals surface area (Å²) in [5.41, 5.74) is -0.0632. The molecule has 1 aromatic carbocycles. The second kappa shape index (κ2) is 4.39. The van der Waals surface area contributed by atoms with E-state index in [2.05, 4.69) is 15.3 Å². The lowest BCUT2D eigenvalue weighted by Gasteiger charge is -1.99. The monoisotopic (exact) mass is 214 g/mol. The largest absolute Gasteiger partial charge is 0.346 e. The van der Waals surface area contributed by atoms with E-state index >= 15 is 0 Å². The Balaban J connectivity index is 2.17. The summed E-state index contributed by atoms with van der Waals surface area (Å²) in [6.45, 7) is 0. The molecule has 16 heavy (non-hydrogen) atoms. The van der Waals surface area contributed by atoms with Crippen LogP contribution < -0.4 is 11.0 Å². The van der Waals surface area contributed by atoms with Crippen molar-refractivity contribution in [1.82, 2.24) is 15.3 Å². The number of nitrogens with one attached hydrogen (secondary N) is 1. The van der Waals surface area contributed by atoms with Crippen molar-refractivity contribution < 1.29 is 4.79 Å². The molecule has 0 saturated carbocycles. The van der Waals surface area contributed by atoms with E-state index in [1.807, 2.05) is 6.07 Å². The molecule has 0 aliphatic rings. The van der Waals surface area contributed by atoms with Gasteiger partial charge in [0.25, 0.3) is 5.91 Å². The molecule has 1 aromatic heterocycles. The van der Waals surface area contributed by atoms with Crippen LogP contribution in [0.3, 0.4) is 0 Å². The highest BCUT2D eigenvalue weighted by molar-refractivity contribution is 5.96. The maximum Gasteiger partial charge on any atom is 0.346 e. The topological polar surface area (TPSA) is 76.9 Å². The summed E-state index contributed by atoms with van der Waals surface area (Å²) >= 11 is 0. The highest BCUT2D eigenvalue weighted by atomic mass is 16.2. The molecule has 0 aliphatic heterocycles. The molecule has 2 aromatic rings. The molecule has 0 saturated heterocycles. The van der Waals surface area contributed by atoms with Crippen LogP contribution in [0, 0.1) is 0 Å². The van der Waals surface area contributed by atoms with Gasteiger partial charge in [-0.15, -0.1) is 0 Å². The Labute approximate surface area is 91.2 Å². The molecular formula is C11H8N3O2. The van der Waals surface area contributed by atoms with Crippen LogP contribution in [0.5, 0.6) is 0 Å². The van der Waals surface area contributed by atoms with Crippen molar-refractivity contribution in [3.8, 4) is 0 Å². The average molecular weight is 214 g/mol. The van der Waals surface area contributed by atoms with E-state index in [4.69, 9.17) is 0 Å². The predicted octanol–water partition coefficient (Wildman–Crippen LogP) is 0.846. The zero-order valence-corrected chi connectivity index (χ0v) is 8.25. The third-order valence-corrected chi connectivity index (χ3v) is 1.89. The van der Waals surface area contributed by atoms with Gasteiger partial charge in [0.15, 0.2) is 5.82 Å². The first-order chi connectivity index (χ1) is 7.75. The summed E-state index contributed by atoms with van der Waals surface area (Å²) in [6.07, 6.45) is 1.40. The number of hydrogen-bond donors (Lipinski definition) is 1. The van der Waals surface area contributed by atoms with Gasteiger partial charge in [0.1, 0.15) is 0 Å². The number of H-pyrrole nitrogens is 1. The summed E-state index contributed by atoms with van der Waals surface area (Å²) in [5, 5.41) is 3.72. The normalized spacial score (nSPS) is 9.75. The molecule has 0 atom stereocenters. The second-order valence-corrected chi connectivity index (χ2v) is 3.04. The lowest BCUT2D eigenvalue weighted by molar-refractivity contribution is 0.0967. The van der Waals surface area contributed by atoms with E-state index in [0.717, 1.165) is 0 Å². The first-order valence-corrected chi connectivity index (χ1v) is 4.62. The van der Waals surface area contributed by atoms with Gasteiger partial charge < -0.3 is 4.98 Å². The standard InChI is InChI=1S/C11H8N3O2/c15-10(8-4-2-1-3-5-8)13-9-6-7-12-11(16)14-9/h1-7H,(H,12,14,16). The fraction of sp³-hybridized carbons (Fsp3) is 0. The van der Waals surface area contributed by atoms with Gasteiger partial charge in [0, 0.05) is 11.8 Å². The highest BCUT2D eigenvalue weighted by Crippen LogP contribution is 2.03. The van der Waals surface area contributed by atoms with Crippen LogP contribution in [0.1, 0.15) is 10.4 Å². The Kier molecular flexibility index (Phi) is 2.77. The lowest BCUT2D eigenvalue weighted by Crippen LogP contribution is -2.16. The second-order valence-electron chi connectivity index (χ2n) is 3.04. The number of amides is 1. The van der Waals surface area contributed by atoms with Crippen LogP contribution in [0.2, 0.25) is 0 Å². The van der Waals surface area contributed by atoms with E-state index in [0.29, 0.717) is 5.56 Å². The molecule has 0 aliphatic carbocycles. The number of aromatic nitrogens is 2. The molecule has 0 bridgehead atoms. The maximum atomic E-state index is 11.6.